The van der Waals surface area contributed by atoms with E-state index in [1.807, 2.05) is 0 Å². The van der Waals surface area contributed by atoms with E-state index in [-0.39, 0.29) is 46.5 Å². The molecular weight excluding hydrogens is 814 g/mol. The van der Waals surface area contributed by atoms with Crippen molar-refractivity contribution in [2.45, 2.75) is 118 Å². The molecule has 0 amide bonds. The van der Waals surface area contributed by atoms with Crippen LogP contribution in [0.15, 0.2) is 100 Å². The molecule has 0 atom stereocenters. The minimum Gasteiger partial charge on any atom is -1.00 e. The molecular formula is C47H56Cl2Hf. The van der Waals surface area contributed by atoms with Crippen molar-refractivity contribution in [1.82, 2.24) is 0 Å². The second kappa shape index (κ2) is 14.6. The van der Waals surface area contributed by atoms with Gasteiger partial charge in [-0.25, -0.2) is 0 Å². The van der Waals surface area contributed by atoms with Crippen molar-refractivity contribution in [2.24, 2.45) is 0 Å². The van der Waals surface area contributed by atoms with E-state index in [2.05, 4.69) is 180 Å². The molecule has 0 nitrogen and oxygen atoms in total. The summed E-state index contributed by atoms with van der Waals surface area (Å²) >= 11 is -3.14. The first kappa shape index (κ1) is 40.5. The Morgan fingerprint density at radius 3 is 1.48 bits per heavy atom. The van der Waals surface area contributed by atoms with E-state index in [0.29, 0.717) is 0 Å². The molecule has 50 heavy (non-hydrogen) atoms. The SMILES string of the molecule is CC(C)(C)c1cc2c(cc1C(C)(C)C)-c1cc(C(C)(C)C)c(C(C)(C)C)[c]([Hf+2]([C]3=CC=CC3)=[C](c3ccccc3)c3ccccc3)c1C2.[Cl-].[Cl-]. The fraction of sp³-hybridized carbons (Fsp3) is 0.383. The molecule has 0 heterocycles. The van der Waals surface area contributed by atoms with Gasteiger partial charge in [-0.3, -0.25) is 0 Å². The Morgan fingerprint density at radius 2 is 1.04 bits per heavy atom. The van der Waals surface area contributed by atoms with E-state index in [0.717, 1.165) is 12.8 Å². The van der Waals surface area contributed by atoms with Crippen molar-refractivity contribution in [1.29, 1.82) is 0 Å². The number of hydrogen-bond acceptors (Lipinski definition) is 0. The summed E-state index contributed by atoms with van der Waals surface area (Å²) in [6.07, 6.45) is 9.33. The molecule has 0 bridgehead atoms. The molecule has 262 valence electrons. The van der Waals surface area contributed by atoms with Crippen LogP contribution >= 0.6 is 0 Å². The topological polar surface area (TPSA) is 0 Å². The number of allylic oxidation sites excluding steroid dienone is 4. The molecule has 0 fully saturated rings. The maximum Gasteiger partial charge on any atom is -1.00 e. The molecule has 2 aliphatic carbocycles. The fourth-order valence-corrected chi connectivity index (χ4v) is 21.2. The minimum atomic E-state index is -3.14. The first-order valence-corrected chi connectivity index (χ1v) is 23.4. The van der Waals surface area contributed by atoms with E-state index in [1.165, 1.54) is 44.5 Å². The van der Waals surface area contributed by atoms with Crippen LogP contribution in [0, 0.1) is 0 Å². The second-order valence-corrected chi connectivity index (χ2v) is 26.8. The molecule has 0 aromatic heterocycles. The summed E-state index contributed by atoms with van der Waals surface area (Å²) in [6.45, 7) is 29.1. The Bertz CT molecular complexity index is 1920. The normalized spacial score (nSPS) is 13.8. The molecule has 0 saturated carbocycles. The van der Waals surface area contributed by atoms with Crippen LogP contribution < -0.4 is 28.1 Å². The van der Waals surface area contributed by atoms with Crippen LogP contribution in [0.3, 0.4) is 0 Å². The number of benzene rings is 4. The van der Waals surface area contributed by atoms with Crippen molar-refractivity contribution in [2.75, 3.05) is 0 Å². The van der Waals surface area contributed by atoms with Gasteiger partial charge in [0.05, 0.1) is 0 Å². The third kappa shape index (κ3) is 7.72. The average Bonchev–Trinajstić information content (AvgIpc) is 3.65. The molecule has 0 aliphatic heterocycles. The molecule has 0 unspecified atom stereocenters. The summed E-state index contributed by atoms with van der Waals surface area (Å²) in [7, 11) is 0. The van der Waals surface area contributed by atoms with Crippen LogP contribution in [0.25, 0.3) is 11.1 Å². The predicted octanol–water partition coefficient (Wildman–Crippen LogP) is 5.81. The Hall–Kier alpha value is -2.32. The third-order valence-electron chi connectivity index (χ3n) is 10.2. The first-order valence-electron chi connectivity index (χ1n) is 18.0. The fourth-order valence-electron chi connectivity index (χ4n) is 8.01. The summed E-state index contributed by atoms with van der Waals surface area (Å²) < 4.78 is 5.07. The summed E-state index contributed by atoms with van der Waals surface area (Å²) in [5.41, 5.74) is 15.2. The first-order chi connectivity index (χ1) is 22.4. The second-order valence-electron chi connectivity index (χ2n) is 18.2. The largest absolute Gasteiger partial charge is 1.00 e. The van der Waals surface area contributed by atoms with Gasteiger partial charge in [0.2, 0.25) is 0 Å². The predicted molar refractivity (Wildman–Crippen MR) is 207 cm³/mol. The summed E-state index contributed by atoms with van der Waals surface area (Å²) in [5, 5.41) is 0. The molecule has 6 rings (SSSR count). The van der Waals surface area contributed by atoms with Gasteiger partial charge in [-0.2, -0.15) is 0 Å². The van der Waals surface area contributed by atoms with E-state index in [9.17, 15) is 0 Å². The van der Waals surface area contributed by atoms with Gasteiger partial charge >= 0.3 is 301 Å². The van der Waals surface area contributed by atoms with Crippen LogP contribution in [0.2, 0.25) is 0 Å². The molecule has 3 heteroatoms. The van der Waals surface area contributed by atoms with Crippen LogP contribution in [-0.4, -0.2) is 3.26 Å². The monoisotopic (exact) mass is 870 g/mol. The molecule has 2 aliphatic rings. The Labute approximate surface area is 323 Å². The summed E-state index contributed by atoms with van der Waals surface area (Å²) in [6, 6.07) is 30.6. The van der Waals surface area contributed by atoms with Gasteiger partial charge in [-0.05, 0) is 0 Å². The van der Waals surface area contributed by atoms with E-state index in [1.54, 1.807) is 21.0 Å². The van der Waals surface area contributed by atoms with Gasteiger partial charge in [0.25, 0.3) is 0 Å². The van der Waals surface area contributed by atoms with Gasteiger partial charge in [0.15, 0.2) is 0 Å². The van der Waals surface area contributed by atoms with E-state index in [4.69, 9.17) is 0 Å². The zero-order valence-corrected chi connectivity index (χ0v) is 37.5. The van der Waals surface area contributed by atoms with Crippen LogP contribution in [0.1, 0.15) is 134 Å². The van der Waals surface area contributed by atoms with Crippen LogP contribution in [0.4, 0.5) is 0 Å². The standard InChI is InChI=1S/C29H41.C13H10.C5H5.2ClH.Hf/c1-26(2,3)22-14-18-13-19-15-23(27(4,5)6)25(29(10,11)12)17-21(19)20(18)16-24(22)28(7,8)9;1-3-7-12(8-4-1)11-13-9-5-2-6-10-13;1-2-4-5-3-1;;;/h14,16-17H,13H2,1-12H3;1-10H;1-3H,4H2;2*1H;/q;;;;;+2/p-2. The van der Waals surface area contributed by atoms with Crippen molar-refractivity contribution < 1.29 is 45.8 Å². The van der Waals surface area contributed by atoms with Crippen molar-refractivity contribution >= 4 is 6.58 Å². The van der Waals surface area contributed by atoms with Gasteiger partial charge in [0, 0.05) is 0 Å². The van der Waals surface area contributed by atoms with E-state index < -0.39 is 21.0 Å². The zero-order valence-electron chi connectivity index (χ0n) is 32.4. The quantitative estimate of drug-likeness (QED) is 0.200. The number of halogens is 2. The molecule has 0 radical (unpaired) electrons. The van der Waals surface area contributed by atoms with Gasteiger partial charge in [0.1, 0.15) is 0 Å². The van der Waals surface area contributed by atoms with Crippen molar-refractivity contribution in [3.63, 3.8) is 0 Å². The number of hydrogen-bond donors (Lipinski definition) is 0. The zero-order chi connectivity index (χ0) is 34.8. The molecule has 0 saturated heterocycles. The minimum absolute atomic E-state index is 0. The summed E-state index contributed by atoms with van der Waals surface area (Å²) in [4.78, 5) is 0. The molecule has 4 aromatic rings. The molecule has 0 N–H and O–H groups in total. The Balaban J connectivity index is 0.00000281. The maximum absolute atomic E-state index is 3.14. The maximum atomic E-state index is 2.64. The van der Waals surface area contributed by atoms with Crippen LogP contribution in [-0.2, 0) is 49.0 Å². The smallest absolute Gasteiger partial charge is 1.00 e. The summed E-state index contributed by atoms with van der Waals surface area (Å²) in [5.74, 6) is 0. The van der Waals surface area contributed by atoms with Crippen molar-refractivity contribution in [3.05, 3.63) is 145 Å². The van der Waals surface area contributed by atoms with Gasteiger partial charge < -0.3 is 24.8 Å². The number of fused-ring (bicyclic) bond motifs is 3. The molecule has 0 spiro atoms. The van der Waals surface area contributed by atoms with E-state index >= 15 is 0 Å². The van der Waals surface area contributed by atoms with Crippen LogP contribution in [0.5, 0.6) is 0 Å². The third-order valence-corrected chi connectivity index (χ3v) is 21.5. The number of rotatable bonds is 4. The van der Waals surface area contributed by atoms with Crippen molar-refractivity contribution in [3.8, 4) is 11.1 Å². The van der Waals surface area contributed by atoms with Gasteiger partial charge in [-0.1, -0.05) is 0 Å². The Morgan fingerprint density at radius 1 is 0.560 bits per heavy atom. The Kier molecular flexibility index (Phi) is 11.8. The molecule has 4 aromatic carbocycles. The average molecular weight is 870 g/mol. The van der Waals surface area contributed by atoms with Gasteiger partial charge in [-0.15, -0.1) is 0 Å².